The van der Waals surface area contributed by atoms with Crippen LogP contribution in [0.5, 0.6) is 0 Å². The highest BCUT2D eigenvalue weighted by Crippen LogP contribution is 2.24. The van der Waals surface area contributed by atoms with Gasteiger partial charge >= 0.3 is 0 Å². The topological polar surface area (TPSA) is 113 Å². The number of aliphatic hydroxyl groups excluding tert-OH is 2. The second-order valence-electron chi connectivity index (χ2n) is 4.68. The van der Waals surface area contributed by atoms with E-state index in [1.807, 2.05) is 18.2 Å². The second kappa shape index (κ2) is 7.28. The zero-order valence-electron chi connectivity index (χ0n) is 11.2. The standard InChI is InChI=1S/C12H20N2O4S2/c1-12(8-15,9-16)14-20(17,18)7-6-19-11-5-3-2-4-10(11)13/h2-5,14-16H,6-9,13H2,1H3. The highest BCUT2D eigenvalue weighted by Gasteiger charge is 2.28. The van der Waals surface area contributed by atoms with E-state index in [1.54, 1.807) is 6.07 Å². The van der Waals surface area contributed by atoms with Crippen LogP contribution >= 0.6 is 11.8 Å². The van der Waals surface area contributed by atoms with E-state index >= 15 is 0 Å². The maximum atomic E-state index is 11.9. The number of hydrogen-bond donors (Lipinski definition) is 4. The van der Waals surface area contributed by atoms with Gasteiger partial charge < -0.3 is 15.9 Å². The molecule has 0 aromatic heterocycles. The molecule has 0 aliphatic carbocycles. The lowest BCUT2D eigenvalue weighted by atomic mass is 10.1. The number of para-hydroxylation sites is 1. The highest BCUT2D eigenvalue weighted by atomic mass is 32.2. The molecule has 0 radical (unpaired) electrons. The Labute approximate surface area is 123 Å². The SMILES string of the molecule is CC(CO)(CO)NS(=O)(=O)CCSc1ccccc1N. The van der Waals surface area contributed by atoms with Gasteiger partial charge in [-0.05, 0) is 19.1 Å². The van der Waals surface area contributed by atoms with Crippen LogP contribution in [-0.4, -0.2) is 48.9 Å². The van der Waals surface area contributed by atoms with Crippen molar-refractivity contribution < 1.29 is 18.6 Å². The van der Waals surface area contributed by atoms with Crippen molar-refractivity contribution in [2.24, 2.45) is 0 Å². The third kappa shape index (κ3) is 5.29. The minimum absolute atomic E-state index is 0.123. The zero-order chi connectivity index (χ0) is 15.2. The number of thioether (sulfide) groups is 1. The Hall–Kier alpha value is -0.800. The fourth-order valence-electron chi connectivity index (χ4n) is 1.41. The molecule has 1 aromatic carbocycles. The monoisotopic (exact) mass is 320 g/mol. The number of sulfonamides is 1. The van der Waals surface area contributed by atoms with Gasteiger partial charge in [0.15, 0.2) is 0 Å². The third-order valence-corrected chi connectivity index (χ3v) is 5.52. The maximum absolute atomic E-state index is 11.9. The first kappa shape index (κ1) is 17.3. The molecule has 0 saturated carbocycles. The first-order chi connectivity index (χ1) is 9.32. The molecule has 0 aliphatic heterocycles. The Morgan fingerprint density at radius 3 is 2.45 bits per heavy atom. The summed E-state index contributed by atoms with van der Waals surface area (Å²) in [4.78, 5) is 0.828. The average molecular weight is 320 g/mol. The predicted octanol–water partition coefficient (Wildman–Crippen LogP) is 0.0236. The Kier molecular flexibility index (Phi) is 6.28. The van der Waals surface area contributed by atoms with Crippen LogP contribution in [0.4, 0.5) is 5.69 Å². The van der Waals surface area contributed by atoms with Crippen molar-refractivity contribution in [2.45, 2.75) is 17.4 Å². The molecule has 0 heterocycles. The second-order valence-corrected chi connectivity index (χ2v) is 7.66. The predicted molar refractivity (Wildman–Crippen MR) is 81.1 cm³/mol. The van der Waals surface area contributed by atoms with E-state index < -0.39 is 28.8 Å². The van der Waals surface area contributed by atoms with Gasteiger partial charge in [-0.3, -0.25) is 0 Å². The minimum atomic E-state index is -3.58. The molecule has 0 bridgehead atoms. The van der Waals surface area contributed by atoms with Crippen LogP contribution in [0.3, 0.4) is 0 Å². The highest BCUT2D eigenvalue weighted by molar-refractivity contribution is 8.00. The Balaban J connectivity index is 2.54. The lowest BCUT2D eigenvalue weighted by Crippen LogP contribution is -2.52. The van der Waals surface area contributed by atoms with Gasteiger partial charge in [-0.25, -0.2) is 13.1 Å². The largest absolute Gasteiger partial charge is 0.398 e. The van der Waals surface area contributed by atoms with Crippen molar-refractivity contribution >= 4 is 27.5 Å². The normalized spacial score (nSPS) is 12.6. The molecule has 5 N–H and O–H groups in total. The van der Waals surface area contributed by atoms with E-state index in [2.05, 4.69) is 4.72 Å². The van der Waals surface area contributed by atoms with Gasteiger partial charge in [-0.15, -0.1) is 11.8 Å². The molecule has 0 spiro atoms. The van der Waals surface area contributed by atoms with Crippen LogP contribution in [0.25, 0.3) is 0 Å². The molecule has 0 saturated heterocycles. The third-order valence-electron chi connectivity index (χ3n) is 2.63. The number of nitrogens with one attached hydrogen (secondary N) is 1. The van der Waals surface area contributed by atoms with E-state index in [4.69, 9.17) is 15.9 Å². The first-order valence-corrected chi connectivity index (χ1v) is 8.66. The van der Waals surface area contributed by atoms with Crippen LogP contribution in [0.15, 0.2) is 29.2 Å². The summed E-state index contributed by atoms with van der Waals surface area (Å²) >= 11 is 1.35. The van der Waals surface area contributed by atoms with E-state index in [-0.39, 0.29) is 5.75 Å². The molecule has 0 unspecified atom stereocenters. The van der Waals surface area contributed by atoms with Crippen molar-refractivity contribution in [3.8, 4) is 0 Å². The smallest absolute Gasteiger partial charge is 0.213 e. The molecule has 6 nitrogen and oxygen atoms in total. The van der Waals surface area contributed by atoms with Crippen LogP contribution in [0, 0.1) is 0 Å². The molecular weight excluding hydrogens is 300 g/mol. The number of rotatable bonds is 8. The number of nitrogens with two attached hydrogens (primary N) is 1. The zero-order valence-corrected chi connectivity index (χ0v) is 12.9. The number of aliphatic hydroxyl groups is 2. The Morgan fingerprint density at radius 1 is 1.30 bits per heavy atom. The van der Waals surface area contributed by atoms with Gasteiger partial charge in [0, 0.05) is 16.3 Å². The average Bonchev–Trinajstić information content (AvgIpc) is 2.40. The van der Waals surface area contributed by atoms with Gasteiger partial charge in [0.1, 0.15) is 0 Å². The van der Waals surface area contributed by atoms with Crippen molar-refractivity contribution in [1.82, 2.24) is 4.72 Å². The molecule has 0 aliphatic rings. The maximum Gasteiger partial charge on any atom is 0.213 e. The van der Waals surface area contributed by atoms with E-state index in [0.717, 1.165) is 4.90 Å². The van der Waals surface area contributed by atoms with Crippen LogP contribution in [-0.2, 0) is 10.0 Å². The van der Waals surface area contributed by atoms with Crippen LogP contribution < -0.4 is 10.5 Å². The number of anilines is 1. The molecule has 114 valence electrons. The van der Waals surface area contributed by atoms with Gasteiger partial charge in [-0.2, -0.15) is 0 Å². The number of benzene rings is 1. The Morgan fingerprint density at radius 2 is 1.90 bits per heavy atom. The van der Waals surface area contributed by atoms with Crippen LogP contribution in [0.1, 0.15) is 6.92 Å². The number of nitrogen functional groups attached to an aromatic ring is 1. The van der Waals surface area contributed by atoms with Crippen molar-refractivity contribution in [2.75, 3.05) is 30.5 Å². The first-order valence-electron chi connectivity index (χ1n) is 6.02. The van der Waals surface area contributed by atoms with Gasteiger partial charge in [0.05, 0.1) is 24.5 Å². The fraction of sp³-hybridized carbons (Fsp3) is 0.500. The molecule has 0 atom stereocenters. The minimum Gasteiger partial charge on any atom is -0.398 e. The quantitative estimate of drug-likeness (QED) is 0.397. The molecule has 20 heavy (non-hydrogen) atoms. The summed E-state index contributed by atoms with van der Waals surface area (Å²) in [7, 11) is -3.58. The summed E-state index contributed by atoms with van der Waals surface area (Å²) < 4.78 is 26.0. The van der Waals surface area contributed by atoms with E-state index in [9.17, 15) is 8.42 Å². The number of hydrogen-bond acceptors (Lipinski definition) is 6. The molecule has 0 fully saturated rings. The molecule has 1 aromatic rings. The Bertz CT molecular complexity index is 530. The summed E-state index contributed by atoms with van der Waals surface area (Å²) in [6.45, 7) is 0.496. The summed E-state index contributed by atoms with van der Waals surface area (Å²) in [6, 6.07) is 7.22. The lowest BCUT2D eigenvalue weighted by Gasteiger charge is -2.25. The summed E-state index contributed by atoms with van der Waals surface area (Å²) in [6.07, 6.45) is 0. The van der Waals surface area contributed by atoms with Gasteiger partial charge in [0.2, 0.25) is 10.0 Å². The molecular formula is C12H20N2O4S2. The lowest BCUT2D eigenvalue weighted by molar-refractivity contribution is 0.122. The summed E-state index contributed by atoms with van der Waals surface area (Å²) in [5.41, 5.74) is 5.13. The van der Waals surface area contributed by atoms with Gasteiger partial charge in [-0.1, -0.05) is 12.1 Å². The molecule has 8 heteroatoms. The van der Waals surface area contributed by atoms with Crippen molar-refractivity contribution in [3.63, 3.8) is 0 Å². The fourth-order valence-corrected chi connectivity index (χ4v) is 4.24. The molecule has 1 rings (SSSR count). The van der Waals surface area contributed by atoms with Gasteiger partial charge in [0.25, 0.3) is 0 Å². The van der Waals surface area contributed by atoms with E-state index in [1.165, 1.54) is 18.7 Å². The van der Waals surface area contributed by atoms with E-state index in [0.29, 0.717) is 11.4 Å². The van der Waals surface area contributed by atoms with Crippen molar-refractivity contribution in [3.05, 3.63) is 24.3 Å². The molecule has 0 amide bonds. The summed E-state index contributed by atoms with van der Waals surface area (Å²) in [5, 5.41) is 18.2. The summed E-state index contributed by atoms with van der Waals surface area (Å²) in [5.74, 6) is 0.206. The van der Waals surface area contributed by atoms with Crippen LogP contribution in [0.2, 0.25) is 0 Å². The van der Waals surface area contributed by atoms with Crippen molar-refractivity contribution in [1.29, 1.82) is 0 Å².